The van der Waals surface area contributed by atoms with Gasteiger partial charge in [0, 0.05) is 7.11 Å². The Morgan fingerprint density at radius 2 is 2.19 bits per heavy atom. The van der Waals surface area contributed by atoms with Crippen LogP contribution in [0.15, 0.2) is 18.2 Å². The number of benzene rings is 1. The van der Waals surface area contributed by atoms with Gasteiger partial charge in [0.05, 0.1) is 25.4 Å². The highest BCUT2D eigenvalue weighted by Crippen LogP contribution is 2.35. The van der Waals surface area contributed by atoms with Crippen molar-refractivity contribution in [3.8, 4) is 5.75 Å². The lowest BCUT2D eigenvalue weighted by molar-refractivity contribution is -0.123. The van der Waals surface area contributed by atoms with E-state index in [2.05, 4.69) is 0 Å². The molecule has 1 amide bonds. The van der Waals surface area contributed by atoms with Gasteiger partial charge >= 0.3 is 5.97 Å². The summed E-state index contributed by atoms with van der Waals surface area (Å²) in [6.45, 7) is 1.27. The van der Waals surface area contributed by atoms with Gasteiger partial charge in [-0.2, -0.15) is 0 Å². The van der Waals surface area contributed by atoms with E-state index in [4.69, 9.17) is 19.3 Å². The Kier molecular flexibility index (Phi) is 5.13. The van der Waals surface area contributed by atoms with Crippen molar-refractivity contribution in [1.82, 2.24) is 0 Å². The number of hydrogen-bond acceptors (Lipinski definition) is 5. The molecule has 0 saturated heterocycles. The quantitative estimate of drug-likeness (QED) is 0.780. The summed E-state index contributed by atoms with van der Waals surface area (Å²) >= 11 is 0. The first-order valence-corrected chi connectivity index (χ1v) is 6.51. The first-order chi connectivity index (χ1) is 10.1. The maximum atomic E-state index is 12.2. The van der Waals surface area contributed by atoms with E-state index in [0.29, 0.717) is 25.4 Å². The van der Waals surface area contributed by atoms with Gasteiger partial charge in [0.15, 0.2) is 5.75 Å². The van der Waals surface area contributed by atoms with E-state index in [1.54, 1.807) is 19.2 Å². The molecule has 7 heteroatoms. The molecule has 1 aromatic rings. The van der Waals surface area contributed by atoms with Crippen molar-refractivity contribution < 1.29 is 28.9 Å². The molecule has 1 aliphatic rings. The fourth-order valence-corrected chi connectivity index (χ4v) is 2.06. The molecule has 1 aromatic carbocycles. The van der Waals surface area contributed by atoms with Crippen molar-refractivity contribution in [2.24, 2.45) is 0 Å². The number of carbonyl (C=O) groups is 2. The zero-order valence-electron chi connectivity index (χ0n) is 11.7. The van der Waals surface area contributed by atoms with E-state index in [1.165, 1.54) is 11.0 Å². The van der Waals surface area contributed by atoms with E-state index in [1.807, 2.05) is 0 Å². The van der Waals surface area contributed by atoms with E-state index in [9.17, 15) is 9.59 Å². The van der Waals surface area contributed by atoms with Crippen LogP contribution in [-0.2, 0) is 14.3 Å². The molecule has 0 aromatic heterocycles. The van der Waals surface area contributed by atoms with Gasteiger partial charge in [0.1, 0.15) is 18.8 Å². The third-order valence-corrected chi connectivity index (χ3v) is 3.04. The molecule has 21 heavy (non-hydrogen) atoms. The van der Waals surface area contributed by atoms with Crippen LogP contribution in [0.5, 0.6) is 5.75 Å². The molecule has 0 bridgehead atoms. The van der Waals surface area contributed by atoms with Crippen LogP contribution in [0.25, 0.3) is 0 Å². The van der Waals surface area contributed by atoms with Crippen LogP contribution >= 0.6 is 0 Å². The average molecular weight is 295 g/mol. The number of nitrogens with zero attached hydrogens (tertiary/aromatic N) is 1. The van der Waals surface area contributed by atoms with Crippen molar-refractivity contribution in [2.45, 2.75) is 0 Å². The molecule has 1 aliphatic heterocycles. The predicted molar refractivity (Wildman–Crippen MR) is 73.9 cm³/mol. The molecular weight excluding hydrogens is 278 g/mol. The molecule has 1 N–H and O–H groups in total. The smallest absolute Gasteiger partial charge is 0.339 e. The van der Waals surface area contributed by atoms with Gasteiger partial charge in [-0.3, -0.25) is 4.79 Å². The molecule has 0 spiro atoms. The number of methoxy groups -OCH3 is 1. The second-order valence-electron chi connectivity index (χ2n) is 4.40. The van der Waals surface area contributed by atoms with Crippen LogP contribution < -0.4 is 9.64 Å². The summed E-state index contributed by atoms with van der Waals surface area (Å²) in [5, 5.41) is 9.14. The number of amides is 1. The van der Waals surface area contributed by atoms with Gasteiger partial charge < -0.3 is 24.2 Å². The lowest BCUT2D eigenvalue weighted by atomic mass is 10.1. The van der Waals surface area contributed by atoms with Crippen molar-refractivity contribution in [1.29, 1.82) is 0 Å². The molecule has 0 fully saturated rings. The summed E-state index contributed by atoms with van der Waals surface area (Å²) < 4.78 is 15.4. The third kappa shape index (κ3) is 3.50. The van der Waals surface area contributed by atoms with Crippen molar-refractivity contribution in [3.63, 3.8) is 0 Å². The number of anilines is 1. The molecule has 0 aliphatic carbocycles. The monoisotopic (exact) mass is 295 g/mol. The van der Waals surface area contributed by atoms with Crippen LogP contribution in [0.1, 0.15) is 10.4 Å². The molecule has 0 atom stereocenters. The normalized spacial score (nSPS) is 13.5. The van der Waals surface area contributed by atoms with E-state index < -0.39 is 5.97 Å². The number of carboxylic acids is 1. The van der Waals surface area contributed by atoms with Gasteiger partial charge in [-0.25, -0.2) is 4.79 Å². The topological polar surface area (TPSA) is 85.3 Å². The Morgan fingerprint density at radius 1 is 1.38 bits per heavy atom. The fraction of sp³-hybridized carbons (Fsp3) is 0.429. The second-order valence-corrected chi connectivity index (χ2v) is 4.40. The molecule has 0 radical (unpaired) electrons. The van der Waals surface area contributed by atoms with Gasteiger partial charge in [-0.15, -0.1) is 0 Å². The number of aromatic carboxylic acids is 1. The summed E-state index contributed by atoms with van der Waals surface area (Å²) in [6, 6.07) is 4.70. The Balaban J connectivity index is 2.13. The SMILES string of the molecule is COCCOCC(=O)N1CCOc2c(C(=O)O)cccc21. The Hall–Kier alpha value is -2.12. The molecular formula is C14H17NO6. The lowest BCUT2D eigenvalue weighted by Gasteiger charge is -2.30. The Bertz CT molecular complexity index is 530. The van der Waals surface area contributed by atoms with Crippen LogP contribution in [0.2, 0.25) is 0 Å². The Labute approximate surface area is 122 Å². The number of carboxylic acid groups (broad SMARTS) is 1. The number of para-hydroxylation sites is 1. The van der Waals surface area contributed by atoms with Crippen LogP contribution in [-0.4, -0.2) is 57.1 Å². The zero-order chi connectivity index (χ0) is 15.2. The van der Waals surface area contributed by atoms with Crippen molar-refractivity contribution in [2.75, 3.05) is 45.0 Å². The lowest BCUT2D eigenvalue weighted by Crippen LogP contribution is -2.40. The van der Waals surface area contributed by atoms with Gasteiger partial charge in [-0.1, -0.05) is 6.07 Å². The molecule has 114 valence electrons. The molecule has 7 nitrogen and oxygen atoms in total. The number of carbonyl (C=O) groups excluding carboxylic acids is 1. The number of hydrogen-bond donors (Lipinski definition) is 1. The number of fused-ring (bicyclic) bond motifs is 1. The minimum atomic E-state index is -1.09. The fourth-order valence-electron chi connectivity index (χ4n) is 2.06. The minimum Gasteiger partial charge on any atom is -0.489 e. The summed E-state index contributed by atoms with van der Waals surface area (Å²) in [5.41, 5.74) is 0.506. The van der Waals surface area contributed by atoms with Gasteiger partial charge in [-0.05, 0) is 12.1 Å². The third-order valence-electron chi connectivity index (χ3n) is 3.04. The minimum absolute atomic E-state index is 0.0466. The molecule has 2 rings (SSSR count). The van der Waals surface area contributed by atoms with E-state index in [0.717, 1.165) is 0 Å². The summed E-state index contributed by atoms with van der Waals surface area (Å²) in [7, 11) is 1.55. The first kappa shape index (κ1) is 15.3. The summed E-state index contributed by atoms with van der Waals surface area (Å²) in [6.07, 6.45) is 0. The average Bonchev–Trinajstić information content (AvgIpc) is 2.50. The highest BCUT2D eigenvalue weighted by atomic mass is 16.5. The summed E-state index contributed by atoms with van der Waals surface area (Å²) in [4.78, 5) is 24.8. The van der Waals surface area contributed by atoms with Crippen LogP contribution in [0.3, 0.4) is 0 Å². The standard InChI is InChI=1S/C14H17NO6/c1-19-7-8-20-9-12(16)15-5-6-21-13-10(14(17)18)3-2-4-11(13)15/h2-4H,5-9H2,1H3,(H,17,18). The Morgan fingerprint density at radius 3 is 2.90 bits per heavy atom. The van der Waals surface area contributed by atoms with E-state index >= 15 is 0 Å². The maximum absolute atomic E-state index is 12.2. The number of ether oxygens (including phenoxy) is 3. The van der Waals surface area contributed by atoms with Crippen LogP contribution in [0.4, 0.5) is 5.69 Å². The molecule has 1 heterocycles. The maximum Gasteiger partial charge on any atom is 0.339 e. The van der Waals surface area contributed by atoms with Gasteiger partial charge in [0.2, 0.25) is 0 Å². The van der Waals surface area contributed by atoms with Crippen molar-refractivity contribution in [3.05, 3.63) is 23.8 Å². The predicted octanol–water partition coefficient (Wildman–Crippen LogP) is 0.773. The highest BCUT2D eigenvalue weighted by molar-refractivity contribution is 6.00. The first-order valence-electron chi connectivity index (χ1n) is 6.51. The summed E-state index contributed by atoms with van der Waals surface area (Å²) in [5.74, 6) is -1.10. The molecule has 0 saturated carbocycles. The van der Waals surface area contributed by atoms with E-state index in [-0.39, 0.29) is 30.4 Å². The zero-order valence-corrected chi connectivity index (χ0v) is 11.7. The molecule has 0 unspecified atom stereocenters. The van der Waals surface area contributed by atoms with Crippen molar-refractivity contribution >= 4 is 17.6 Å². The second kappa shape index (κ2) is 7.05. The van der Waals surface area contributed by atoms with Crippen LogP contribution in [0, 0.1) is 0 Å². The number of rotatable bonds is 6. The highest BCUT2D eigenvalue weighted by Gasteiger charge is 2.27. The largest absolute Gasteiger partial charge is 0.489 e. The van der Waals surface area contributed by atoms with Gasteiger partial charge in [0.25, 0.3) is 5.91 Å².